The zero-order valence-corrected chi connectivity index (χ0v) is 28.5. The zero-order valence-electron chi connectivity index (χ0n) is 28.5. The average Bonchev–Trinajstić information content (AvgIpc) is 3.66. The molecule has 256 valence electrons. The number of carbonyl (C=O) groups excluding carboxylic acids is 3. The Morgan fingerprint density at radius 3 is 2.60 bits per heavy atom. The summed E-state index contributed by atoms with van der Waals surface area (Å²) in [5, 5.41) is 7.88. The number of fused-ring (bicyclic) bond motifs is 3. The molecule has 3 amide bonds. The number of hydrogen-bond acceptors (Lipinski definition) is 8. The smallest absolute Gasteiger partial charge is 0.329 e. The molecule has 1 aliphatic rings. The number of rotatable bonds is 5. The topological polar surface area (TPSA) is 154 Å². The Balaban J connectivity index is 0.968. The highest BCUT2D eigenvalue weighted by Gasteiger charge is 2.29. The number of aromatic nitrogens is 5. The number of carbonyl (C=O) groups is 3. The molecule has 0 bridgehead atoms. The van der Waals surface area contributed by atoms with E-state index in [9.17, 15) is 19.2 Å². The summed E-state index contributed by atoms with van der Waals surface area (Å²) in [6.45, 7) is 1.89. The van der Waals surface area contributed by atoms with Crippen molar-refractivity contribution < 1.29 is 18.8 Å². The van der Waals surface area contributed by atoms with Crippen LogP contribution >= 0.6 is 0 Å². The van der Waals surface area contributed by atoms with Gasteiger partial charge in [-0.05, 0) is 65.6 Å². The average molecular weight is 690 g/mol. The fraction of sp³-hybridized carbons (Fsp3) is 0.175. The highest BCUT2D eigenvalue weighted by Crippen LogP contribution is 2.33. The summed E-state index contributed by atoms with van der Waals surface area (Å²) in [5.74, 6) is 4.89. The van der Waals surface area contributed by atoms with Gasteiger partial charge < -0.3 is 9.73 Å². The molecule has 1 atom stereocenters. The molecule has 5 aromatic heterocycles. The zero-order chi connectivity index (χ0) is 36.1. The summed E-state index contributed by atoms with van der Waals surface area (Å²) in [7, 11) is 3.44. The van der Waals surface area contributed by atoms with Crippen molar-refractivity contribution >= 4 is 50.6 Å². The predicted molar refractivity (Wildman–Crippen MR) is 195 cm³/mol. The van der Waals surface area contributed by atoms with Gasteiger partial charge in [0.15, 0.2) is 11.4 Å². The lowest BCUT2D eigenvalue weighted by Crippen LogP contribution is -2.39. The molecular formula is C40H31N7O5. The van der Waals surface area contributed by atoms with Gasteiger partial charge in [0.1, 0.15) is 11.3 Å². The molecule has 2 aromatic carbocycles. The lowest BCUT2D eigenvalue weighted by atomic mass is 9.88. The number of piperidine rings is 1. The lowest BCUT2D eigenvalue weighted by Gasteiger charge is -2.21. The van der Waals surface area contributed by atoms with Crippen LogP contribution in [0.15, 0.2) is 88.5 Å². The van der Waals surface area contributed by atoms with Gasteiger partial charge in [0.2, 0.25) is 11.8 Å². The first-order valence-electron chi connectivity index (χ1n) is 16.7. The van der Waals surface area contributed by atoms with Crippen molar-refractivity contribution in [3.8, 4) is 34.2 Å². The number of furan rings is 1. The van der Waals surface area contributed by atoms with E-state index in [1.807, 2.05) is 61.7 Å². The van der Waals surface area contributed by atoms with Gasteiger partial charge in [0.25, 0.3) is 5.91 Å². The van der Waals surface area contributed by atoms with Gasteiger partial charge in [-0.3, -0.25) is 38.8 Å². The SMILES string of the molecule is Cc1cc(-c2cc3cccc(-c4cnc5c(c4)n(C)c(=O)n5C)c3cn2)cnc1C(=O)NCC#Cc1cc2c(C3CCC(=O)NC3=O)cccc2o1. The lowest BCUT2D eigenvalue weighted by molar-refractivity contribution is -0.134. The number of hydrogen-bond donors (Lipinski definition) is 2. The molecule has 12 heteroatoms. The van der Waals surface area contributed by atoms with Crippen molar-refractivity contribution in [2.24, 2.45) is 14.1 Å². The van der Waals surface area contributed by atoms with E-state index in [2.05, 4.69) is 32.4 Å². The maximum Gasteiger partial charge on any atom is 0.329 e. The van der Waals surface area contributed by atoms with E-state index in [1.165, 1.54) is 4.57 Å². The number of imide groups is 1. The Kier molecular flexibility index (Phi) is 7.95. The first-order valence-corrected chi connectivity index (χ1v) is 16.7. The minimum Gasteiger partial charge on any atom is -0.448 e. The Morgan fingerprint density at radius 1 is 0.942 bits per heavy atom. The maximum atomic E-state index is 13.0. The van der Waals surface area contributed by atoms with E-state index < -0.39 is 5.92 Å². The molecule has 1 unspecified atom stereocenters. The molecule has 0 spiro atoms. The number of nitrogens with one attached hydrogen (secondary N) is 2. The standard InChI is InChI=1S/C40H31N7O5/c1-22-15-25(32-16-23-7-4-9-27(31(23)21-42-32)24-17-33-37(44-19-24)47(3)40(51)46(33)2)20-43-36(22)39(50)41-14-6-8-26-18-30-28(10-5-11-34(30)52-26)29-12-13-35(48)45-38(29)49/h4-5,7,9-11,15-21,29H,12-14H2,1-3H3,(H,41,50)(H,45,48,49). The minimum atomic E-state index is -0.440. The molecule has 1 aliphatic heterocycles. The second-order valence-electron chi connectivity index (χ2n) is 12.8. The van der Waals surface area contributed by atoms with E-state index in [0.29, 0.717) is 34.7 Å². The Labute approximate surface area is 296 Å². The highest BCUT2D eigenvalue weighted by atomic mass is 16.3. The number of pyridine rings is 3. The van der Waals surface area contributed by atoms with Crippen molar-refractivity contribution in [2.45, 2.75) is 25.7 Å². The van der Waals surface area contributed by atoms with E-state index in [-0.39, 0.29) is 42.1 Å². The summed E-state index contributed by atoms with van der Waals surface area (Å²) in [6.07, 6.45) is 5.95. The van der Waals surface area contributed by atoms with Crippen molar-refractivity contribution in [1.29, 1.82) is 0 Å². The molecule has 0 saturated carbocycles. The quantitative estimate of drug-likeness (QED) is 0.191. The van der Waals surface area contributed by atoms with Crippen LogP contribution < -0.4 is 16.3 Å². The van der Waals surface area contributed by atoms with Crippen LogP contribution in [-0.4, -0.2) is 48.4 Å². The van der Waals surface area contributed by atoms with Gasteiger partial charge >= 0.3 is 5.69 Å². The summed E-state index contributed by atoms with van der Waals surface area (Å²) in [5.41, 5.74) is 6.89. The highest BCUT2D eigenvalue weighted by molar-refractivity contribution is 6.03. The Bertz CT molecular complexity index is 2760. The number of aryl methyl sites for hydroxylation is 3. The van der Waals surface area contributed by atoms with E-state index in [1.54, 1.807) is 43.2 Å². The molecule has 1 saturated heterocycles. The molecule has 0 aliphatic carbocycles. The normalized spacial score (nSPS) is 14.4. The number of nitrogens with zero attached hydrogens (tertiary/aromatic N) is 5. The first kappa shape index (κ1) is 32.3. The van der Waals surface area contributed by atoms with Crippen LogP contribution in [0, 0.1) is 18.8 Å². The van der Waals surface area contributed by atoms with Crippen LogP contribution in [0.2, 0.25) is 0 Å². The second-order valence-corrected chi connectivity index (χ2v) is 12.8. The molecule has 12 nitrogen and oxygen atoms in total. The third-order valence-electron chi connectivity index (χ3n) is 9.52. The number of imidazole rings is 1. The predicted octanol–water partition coefficient (Wildman–Crippen LogP) is 4.91. The third kappa shape index (κ3) is 5.68. The van der Waals surface area contributed by atoms with Crippen LogP contribution in [-0.2, 0) is 23.7 Å². The van der Waals surface area contributed by atoms with Gasteiger partial charge in [-0.1, -0.05) is 36.3 Å². The monoisotopic (exact) mass is 689 g/mol. The van der Waals surface area contributed by atoms with E-state index in [4.69, 9.17) is 9.40 Å². The van der Waals surface area contributed by atoms with E-state index in [0.717, 1.165) is 43.9 Å². The Morgan fingerprint density at radius 2 is 1.77 bits per heavy atom. The number of benzene rings is 2. The first-order chi connectivity index (χ1) is 25.2. The van der Waals surface area contributed by atoms with Gasteiger partial charge in [-0.2, -0.15) is 0 Å². The van der Waals surface area contributed by atoms with Crippen LogP contribution in [0.5, 0.6) is 0 Å². The van der Waals surface area contributed by atoms with E-state index >= 15 is 0 Å². The summed E-state index contributed by atoms with van der Waals surface area (Å²) < 4.78 is 9.00. The van der Waals surface area contributed by atoms with Crippen LogP contribution in [0.25, 0.3) is 55.3 Å². The fourth-order valence-electron chi connectivity index (χ4n) is 6.83. The summed E-state index contributed by atoms with van der Waals surface area (Å²) in [4.78, 5) is 63.3. The molecule has 6 heterocycles. The molecule has 8 rings (SSSR count). The van der Waals surface area contributed by atoms with Crippen molar-refractivity contribution in [3.05, 3.63) is 112 Å². The third-order valence-corrected chi connectivity index (χ3v) is 9.52. The Hall–Kier alpha value is -6.87. The van der Waals surface area contributed by atoms with Crippen LogP contribution in [0.3, 0.4) is 0 Å². The number of amides is 3. The second kappa shape index (κ2) is 12.8. The molecule has 2 N–H and O–H groups in total. The van der Waals surface area contributed by atoms with Crippen LogP contribution in [0.4, 0.5) is 0 Å². The largest absolute Gasteiger partial charge is 0.448 e. The molecular weight excluding hydrogens is 658 g/mol. The molecule has 7 aromatic rings. The van der Waals surface area contributed by atoms with Crippen molar-refractivity contribution in [2.75, 3.05) is 6.54 Å². The fourth-order valence-corrected chi connectivity index (χ4v) is 6.83. The van der Waals surface area contributed by atoms with Crippen LogP contribution in [0.1, 0.15) is 46.1 Å². The maximum absolute atomic E-state index is 13.0. The van der Waals surface area contributed by atoms with Gasteiger partial charge in [-0.25, -0.2) is 9.78 Å². The minimum absolute atomic E-state index is 0.0658. The van der Waals surface area contributed by atoms with Gasteiger partial charge in [0, 0.05) is 67.1 Å². The van der Waals surface area contributed by atoms with Gasteiger partial charge in [-0.15, -0.1) is 0 Å². The summed E-state index contributed by atoms with van der Waals surface area (Å²) in [6, 6.07) is 19.1. The molecule has 1 fully saturated rings. The molecule has 52 heavy (non-hydrogen) atoms. The summed E-state index contributed by atoms with van der Waals surface area (Å²) >= 11 is 0. The van der Waals surface area contributed by atoms with Crippen molar-refractivity contribution in [1.82, 2.24) is 34.7 Å². The van der Waals surface area contributed by atoms with Crippen molar-refractivity contribution in [3.63, 3.8) is 0 Å². The molecule has 0 radical (unpaired) electrons. The van der Waals surface area contributed by atoms with Gasteiger partial charge in [0.05, 0.1) is 23.7 Å².